The summed E-state index contributed by atoms with van der Waals surface area (Å²) in [6, 6.07) is 16.7. The summed E-state index contributed by atoms with van der Waals surface area (Å²) in [6.45, 7) is 3.13. The molecule has 0 aromatic heterocycles. The van der Waals surface area contributed by atoms with Gasteiger partial charge >= 0.3 is 0 Å². The third-order valence-electron chi connectivity index (χ3n) is 2.06. The van der Waals surface area contributed by atoms with Crippen molar-refractivity contribution in [3.63, 3.8) is 0 Å². The molecular weight excluding hydrogens is 238 g/mol. The van der Waals surface area contributed by atoms with Crippen molar-refractivity contribution in [1.82, 2.24) is 4.90 Å². The molecule has 1 nitrogen and oxygen atoms in total. The van der Waals surface area contributed by atoms with E-state index in [0.29, 0.717) is 0 Å². The summed E-state index contributed by atoms with van der Waals surface area (Å²) in [7, 11) is 4.15. The Kier molecular flexibility index (Phi) is 7.92. The Morgan fingerprint density at radius 2 is 1.56 bits per heavy atom. The van der Waals surface area contributed by atoms with Crippen LogP contribution in [-0.2, 0) is 23.6 Å². The Morgan fingerprint density at radius 3 is 1.88 bits per heavy atom. The molecule has 0 fully saturated rings. The average molecular weight is 257 g/mol. The van der Waals surface area contributed by atoms with Gasteiger partial charge in [-0.25, -0.2) is 19.1 Å². The van der Waals surface area contributed by atoms with E-state index < -0.39 is 0 Å². The van der Waals surface area contributed by atoms with Crippen LogP contribution in [0.15, 0.2) is 48.5 Å². The molecule has 0 aliphatic heterocycles. The first-order valence-corrected chi connectivity index (χ1v) is 5.22. The molecule has 16 heavy (non-hydrogen) atoms. The molecule has 0 spiro atoms. The molecule has 2 rings (SSSR count). The van der Waals surface area contributed by atoms with E-state index in [4.69, 9.17) is 0 Å². The van der Waals surface area contributed by atoms with Crippen molar-refractivity contribution in [2.75, 3.05) is 14.1 Å². The van der Waals surface area contributed by atoms with E-state index in [1.54, 1.807) is 0 Å². The quantitative estimate of drug-likeness (QED) is 0.590. The molecule has 0 amide bonds. The van der Waals surface area contributed by atoms with Crippen LogP contribution in [0.4, 0.5) is 0 Å². The van der Waals surface area contributed by atoms with Gasteiger partial charge in [-0.2, -0.15) is 12.1 Å². The number of nitrogens with zero attached hydrogens (tertiary/aromatic N) is 1. The second kappa shape index (κ2) is 8.35. The van der Waals surface area contributed by atoms with Crippen LogP contribution >= 0.6 is 0 Å². The van der Waals surface area contributed by atoms with E-state index in [2.05, 4.69) is 62.3 Å². The third-order valence-corrected chi connectivity index (χ3v) is 2.06. The molecule has 2 aromatic carbocycles. The molecule has 2 aromatic rings. The fourth-order valence-electron chi connectivity index (χ4n) is 1.35. The monoisotopic (exact) mass is 257 g/mol. The second-order valence-corrected chi connectivity index (χ2v) is 3.99. The SMILES string of the molecule is CN(C)C[c-]1cccc1.C[c-]1[cH-][cH-][cH-][cH-]1.[Fe]. The molecule has 0 N–H and O–H groups in total. The summed E-state index contributed by atoms with van der Waals surface area (Å²) in [5, 5.41) is 0. The van der Waals surface area contributed by atoms with E-state index >= 15 is 0 Å². The molecule has 0 atom stereocenters. The molecule has 0 aliphatic carbocycles. The zero-order valence-corrected chi connectivity index (χ0v) is 11.2. The normalized spacial score (nSPS) is 9.25. The number of hydrogen-bond acceptors (Lipinski definition) is 1. The van der Waals surface area contributed by atoms with Gasteiger partial charge < -0.3 is 34.7 Å². The van der Waals surface area contributed by atoms with Crippen LogP contribution in [-0.4, -0.2) is 19.0 Å². The van der Waals surface area contributed by atoms with Crippen molar-refractivity contribution in [2.45, 2.75) is 13.5 Å². The van der Waals surface area contributed by atoms with Gasteiger partial charge in [0.2, 0.25) is 0 Å². The van der Waals surface area contributed by atoms with Gasteiger partial charge in [0.15, 0.2) is 0 Å². The van der Waals surface area contributed by atoms with Crippen molar-refractivity contribution in [1.29, 1.82) is 0 Å². The first-order valence-electron chi connectivity index (χ1n) is 5.22. The summed E-state index contributed by atoms with van der Waals surface area (Å²) >= 11 is 0. The molecule has 0 saturated heterocycles. The second-order valence-electron chi connectivity index (χ2n) is 3.99. The Labute approximate surface area is 109 Å². The van der Waals surface area contributed by atoms with E-state index in [1.807, 2.05) is 12.1 Å². The van der Waals surface area contributed by atoms with E-state index in [-0.39, 0.29) is 17.1 Å². The number of rotatable bonds is 2. The first kappa shape index (κ1) is 15.2. The summed E-state index contributed by atoms with van der Waals surface area (Å²) in [5.74, 6) is 0. The Hall–Kier alpha value is -0.821. The molecule has 0 unspecified atom stereocenters. The zero-order chi connectivity index (χ0) is 11.1. The molecule has 0 saturated carbocycles. The van der Waals surface area contributed by atoms with E-state index in [0.717, 1.165) is 6.54 Å². The molecule has 0 bridgehead atoms. The Balaban J connectivity index is 0.000000283. The van der Waals surface area contributed by atoms with Crippen LogP contribution in [0.3, 0.4) is 0 Å². The predicted molar refractivity (Wildman–Crippen MR) is 66.2 cm³/mol. The molecular formula is C14H19FeN-6. The number of aryl methyl sites for hydroxylation is 1. The predicted octanol–water partition coefficient (Wildman–Crippen LogP) is 3.18. The minimum atomic E-state index is 0. The molecule has 0 aliphatic rings. The summed E-state index contributed by atoms with van der Waals surface area (Å²) in [6.07, 6.45) is 0. The Bertz CT molecular complexity index is 333. The third kappa shape index (κ3) is 6.62. The Morgan fingerprint density at radius 1 is 1.06 bits per heavy atom. The van der Waals surface area contributed by atoms with Crippen molar-refractivity contribution >= 4 is 0 Å². The molecule has 94 valence electrons. The maximum Gasteiger partial charge on any atom is 0 e. The average Bonchev–Trinajstić information content (AvgIpc) is 2.78. The van der Waals surface area contributed by atoms with Crippen molar-refractivity contribution in [3.8, 4) is 0 Å². The zero-order valence-electron chi connectivity index (χ0n) is 10.1. The summed E-state index contributed by atoms with van der Waals surface area (Å²) in [4.78, 5) is 2.16. The van der Waals surface area contributed by atoms with Crippen LogP contribution in [0.25, 0.3) is 0 Å². The van der Waals surface area contributed by atoms with Gasteiger partial charge in [0.25, 0.3) is 0 Å². The van der Waals surface area contributed by atoms with Crippen LogP contribution in [0.1, 0.15) is 11.1 Å². The van der Waals surface area contributed by atoms with Crippen LogP contribution < -0.4 is 0 Å². The van der Waals surface area contributed by atoms with Crippen LogP contribution in [0.5, 0.6) is 0 Å². The van der Waals surface area contributed by atoms with Crippen molar-refractivity contribution in [3.05, 3.63) is 59.7 Å². The standard InChI is InChI=1S/C8H12N.C6H7.Fe/c1-9(2)7-8-5-3-4-6-8;1-6-4-2-3-5-6;/h3-6H,7H2,1-2H3;2-5H,1H3;/q-1;-5;. The van der Waals surface area contributed by atoms with Gasteiger partial charge in [0, 0.05) is 17.1 Å². The van der Waals surface area contributed by atoms with Crippen molar-refractivity contribution in [2.24, 2.45) is 0 Å². The minimum Gasteiger partial charge on any atom is -0.748 e. The fraction of sp³-hybridized carbons (Fsp3) is 0.286. The minimum absolute atomic E-state index is 0. The van der Waals surface area contributed by atoms with Gasteiger partial charge in [-0.15, -0.1) is 5.56 Å². The summed E-state index contributed by atoms with van der Waals surface area (Å²) < 4.78 is 0. The fourth-order valence-corrected chi connectivity index (χ4v) is 1.35. The number of hydrogen-bond donors (Lipinski definition) is 0. The van der Waals surface area contributed by atoms with Gasteiger partial charge in [-0.3, -0.25) is 0 Å². The van der Waals surface area contributed by atoms with Gasteiger partial charge in [0.1, 0.15) is 0 Å². The molecule has 0 heterocycles. The van der Waals surface area contributed by atoms with Gasteiger partial charge in [0.05, 0.1) is 0 Å². The van der Waals surface area contributed by atoms with E-state index in [1.165, 1.54) is 11.1 Å². The van der Waals surface area contributed by atoms with Crippen LogP contribution in [0.2, 0.25) is 0 Å². The maximum absolute atomic E-state index is 2.16. The van der Waals surface area contributed by atoms with E-state index in [9.17, 15) is 0 Å². The smallest absolute Gasteiger partial charge is 0 e. The van der Waals surface area contributed by atoms with Crippen molar-refractivity contribution < 1.29 is 17.1 Å². The molecule has 2 heteroatoms. The topological polar surface area (TPSA) is 3.24 Å². The van der Waals surface area contributed by atoms with Gasteiger partial charge in [-0.1, -0.05) is 0 Å². The maximum atomic E-state index is 2.16. The largest absolute Gasteiger partial charge is 0.748 e. The van der Waals surface area contributed by atoms with Crippen LogP contribution in [0, 0.1) is 6.92 Å². The first-order chi connectivity index (χ1) is 7.18. The summed E-state index contributed by atoms with van der Waals surface area (Å²) in [5.41, 5.74) is 2.73. The van der Waals surface area contributed by atoms with Gasteiger partial charge in [-0.05, 0) is 20.6 Å². The molecule has 0 radical (unpaired) electrons.